The highest BCUT2D eigenvalue weighted by Crippen LogP contribution is 2.21. The van der Waals surface area contributed by atoms with Gasteiger partial charge in [-0.3, -0.25) is 14.8 Å². The first-order chi connectivity index (χ1) is 18.2. The number of benzene rings is 1. The van der Waals surface area contributed by atoms with E-state index in [0.717, 1.165) is 36.2 Å². The lowest BCUT2D eigenvalue weighted by molar-refractivity contribution is -0.134. The molecular weight excluding hydrogens is 456 g/mol. The zero-order chi connectivity index (χ0) is 26.4. The lowest BCUT2D eigenvalue weighted by Gasteiger charge is -2.07. The van der Waals surface area contributed by atoms with E-state index in [1.54, 1.807) is 0 Å². The van der Waals surface area contributed by atoms with Crippen LogP contribution in [0.3, 0.4) is 0 Å². The molecule has 0 N–H and O–H groups in total. The molecule has 0 unspecified atom stereocenters. The molecule has 0 saturated carbocycles. The highest BCUT2D eigenvalue weighted by atomic mass is 16.5. The smallest absolute Gasteiger partial charge is 0.311 e. The summed E-state index contributed by atoms with van der Waals surface area (Å²) >= 11 is 0. The maximum absolute atomic E-state index is 12.2. The van der Waals surface area contributed by atoms with Gasteiger partial charge in [0.25, 0.3) is 0 Å². The maximum Gasteiger partial charge on any atom is 0.311 e. The van der Waals surface area contributed by atoms with Crippen molar-refractivity contribution in [3.05, 3.63) is 42.4 Å². The van der Waals surface area contributed by atoms with Crippen molar-refractivity contribution in [1.82, 2.24) is 9.97 Å². The number of nitrogens with zero attached hydrogens (tertiary/aromatic N) is 2. The van der Waals surface area contributed by atoms with E-state index in [4.69, 9.17) is 4.74 Å². The monoisotopic (exact) mass is 508 g/mol. The number of unbranched alkanes of at least 4 members (excludes halogenated alkanes) is 16. The molecule has 0 bridgehead atoms. The predicted octanol–water partition coefficient (Wildman–Crippen LogP) is 10.0. The number of aryl methyl sites for hydroxylation is 1. The van der Waals surface area contributed by atoms with Gasteiger partial charge in [-0.05, 0) is 43.5 Å². The summed E-state index contributed by atoms with van der Waals surface area (Å²) in [5, 5.41) is 0. The number of carbonyl (C=O) groups excluding carboxylic acids is 1. The molecule has 0 aliphatic carbocycles. The van der Waals surface area contributed by atoms with Crippen molar-refractivity contribution >= 4 is 5.97 Å². The largest absolute Gasteiger partial charge is 0.427 e. The average molecular weight is 509 g/mol. The average Bonchev–Trinajstić information content (AvgIpc) is 2.92. The molecule has 4 heteroatoms. The number of esters is 1. The van der Waals surface area contributed by atoms with E-state index in [9.17, 15) is 4.79 Å². The molecule has 0 radical (unpaired) electrons. The van der Waals surface area contributed by atoms with Crippen LogP contribution < -0.4 is 4.74 Å². The SMILES string of the molecule is CCCCCCCCCCCC(=O)Oc1ccc(-c2cnc(CCCCCCCCCCC)cn2)cc1. The van der Waals surface area contributed by atoms with E-state index in [0.29, 0.717) is 12.2 Å². The zero-order valence-corrected chi connectivity index (χ0v) is 23.8. The minimum absolute atomic E-state index is 0.142. The van der Waals surface area contributed by atoms with Crippen LogP contribution in [-0.2, 0) is 11.2 Å². The predicted molar refractivity (Wildman–Crippen MR) is 156 cm³/mol. The van der Waals surface area contributed by atoms with Crippen molar-refractivity contribution in [2.75, 3.05) is 0 Å². The van der Waals surface area contributed by atoms with Crippen LogP contribution in [0.5, 0.6) is 5.75 Å². The Hall–Kier alpha value is -2.23. The number of hydrogen-bond donors (Lipinski definition) is 0. The van der Waals surface area contributed by atoms with Gasteiger partial charge in [-0.15, -0.1) is 0 Å². The van der Waals surface area contributed by atoms with Gasteiger partial charge < -0.3 is 4.74 Å². The van der Waals surface area contributed by atoms with Crippen molar-refractivity contribution in [3.63, 3.8) is 0 Å². The Morgan fingerprint density at radius 1 is 0.622 bits per heavy atom. The van der Waals surface area contributed by atoms with Gasteiger partial charge in [-0.25, -0.2) is 0 Å². The van der Waals surface area contributed by atoms with E-state index in [2.05, 4.69) is 23.8 Å². The summed E-state index contributed by atoms with van der Waals surface area (Å²) in [5.74, 6) is 0.455. The molecule has 0 amide bonds. The minimum Gasteiger partial charge on any atom is -0.427 e. The fourth-order valence-corrected chi connectivity index (χ4v) is 4.71. The Morgan fingerprint density at radius 3 is 1.65 bits per heavy atom. The number of carbonyl (C=O) groups is 1. The van der Waals surface area contributed by atoms with Crippen LogP contribution in [0.2, 0.25) is 0 Å². The molecule has 2 rings (SSSR count). The maximum atomic E-state index is 12.2. The first-order valence-corrected chi connectivity index (χ1v) is 15.3. The molecule has 1 aromatic carbocycles. The van der Waals surface area contributed by atoms with Gasteiger partial charge in [0.05, 0.1) is 17.6 Å². The number of hydrogen-bond acceptors (Lipinski definition) is 4. The van der Waals surface area contributed by atoms with E-state index in [-0.39, 0.29) is 5.97 Å². The third-order valence-electron chi connectivity index (χ3n) is 7.11. The van der Waals surface area contributed by atoms with E-state index in [1.165, 1.54) is 103 Å². The Labute approximate surface area is 227 Å². The molecule has 37 heavy (non-hydrogen) atoms. The number of ether oxygens (including phenoxy) is 1. The van der Waals surface area contributed by atoms with Crippen LogP contribution in [0.4, 0.5) is 0 Å². The Balaban J connectivity index is 1.58. The molecule has 4 nitrogen and oxygen atoms in total. The minimum atomic E-state index is -0.142. The van der Waals surface area contributed by atoms with Gasteiger partial charge >= 0.3 is 5.97 Å². The van der Waals surface area contributed by atoms with Gasteiger partial charge in [-0.2, -0.15) is 0 Å². The molecule has 0 fully saturated rings. The fraction of sp³-hybridized carbons (Fsp3) is 0.667. The van der Waals surface area contributed by atoms with Crippen molar-refractivity contribution in [2.24, 2.45) is 0 Å². The van der Waals surface area contributed by atoms with Crippen LogP contribution in [0.25, 0.3) is 11.3 Å². The third kappa shape index (κ3) is 14.9. The Bertz CT molecular complexity index is 817. The first kappa shape index (κ1) is 31.0. The molecule has 0 saturated heterocycles. The second-order valence-electron chi connectivity index (χ2n) is 10.5. The molecule has 0 aliphatic rings. The highest BCUT2D eigenvalue weighted by molar-refractivity contribution is 5.72. The number of aromatic nitrogens is 2. The summed E-state index contributed by atoms with van der Waals surface area (Å²) < 4.78 is 5.52. The lowest BCUT2D eigenvalue weighted by Crippen LogP contribution is -2.07. The molecule has 1 aromatic heterocycles. The van der Waals surface area contributed by atoms with Crippen molar-refractivity contribution in [2.45, 2.75) is 142 Å². The van der Waals surface area contributed by atoms with Gasteiger partial charge in [0.2, 0.25) is 0 Å². The molecular formula is C33H52N2O2. The van der Waals surface area contributed by atoms with Crippen molar-refractivity contribution < 1.29 is 9.53 Å². The van der Waals surface area contributed by atoms with Crippen molar-refractivity contribution in [3.8, 4) is 17.0 Å². The summed E-state index contributed by atoms with van der Waals surface area (Å²) in [7, 11) is 0. The summed E-state index contributed by atoms with van der Waals surface area (Å²) in [6, 6.07) is 7.60. The topological polar surface area (TPSA) is 52.1 Å². The summed E-state index contributed by atoms with van der Waals surface area (Å²) in [4.78, 5) is 21.4. The number of rotatable bonds is 22. The van der Waals surface area contributed by atoms with Crippen LogP contribution in [0.15, 0.2) is 36.7 Å². The molecule has 0 atom stereocenters. The summed E-state index contributed by atoms with van der Waals surface area (Å²) in [6.07, 6.45) is 28.4. The van der Waals surface area contributed by atoms with Gasteiger partial charge in [-0.1, -0.05) is 117 Å². The molecule has 0 aliphatic heterocycles. The van der Waals surface area contributed by atoms with E-state index >= 15 is 0 Å². The van der Waals surface area contributed by atoms with Crippen molar-refractivity contribution in [1.29, 1.82) is 0 Å². The Morgan fingerprint density at radius 2 is 1.14 bits per heavy atom. The van der Waals surface area contributed by atoms with Crippen LogP contribution in [0.1, 0.15) is 142 Å². The lowest BCUT2D eigenvalue weighted by atomic mass is 10.1. The molecule has 2 aromatic rings. The van der Waals surface area contributed by atoms with Gasteiger partial charge in [0.15, 0.2) is 0 Å². The normalized spacial score (nSPS) is 11.1. The Kier molecular flexibility index (Phi) is 17.4. The summed E-state index contributed by atoms with van der Waals surface area (Å²) in [6.45, 7) is 4.52. The molecule has 1 heterocycles. The first-order valence-electron chi connectivity index (χ1n) is 15.3. The second-order valence-corrected chi connectivity index (χ2v) is 10.5. The van der Waals surface area contributed by atoms with Gasteiger partial charge in [0, 0.05) is 18.2 Å². The fourth-order valence-electron chi connectivity index (χ4n) is 4.71. The zero-order valence-electron chi connectivity index (χ0n) is 23.8. The summed E-state index contributed by atoms with van der Waals surface area (Å²) in [5.41, 5.74) is 2.90. The highest BCUT2D eigenvalue weighted by Gasteiger charge is 2.07. The van der Waals surface area contributed by atoms with Crippen LogP contribution in [-0.4, -0.2) is 15.9 Å². The third-order valence-corrected chi connectivity index (χ3v) is 7.11. The molecule has 206 valence electrons. The molecule has 0 spiro atoms. The quantitative estimate of drug-likeness (QED) is 0.0901. The standard InChI is InChI=1S/C33H52N2O2/c1-3-5-7-9-11-13-15-17-19-21-30-27-35-32(28-34-30)29-23-25-31(26-24-29)37-33(36)22-20-18-16-14-12-10-8-6-4-2/h23-28H,3-22H2,1-2H3. The van der Waals surface area contributed by atoms with Gasteiger partial charge in [0.1, 0.15) is 5.75 Å². The van der Waals surface area contributed by atoms with E-state index < -0.39 is 0 Å². The van der Waals surface area contributed by atoms with Crippen LogP contribution in [0, 0.1) is 0 Å². The van der Waals surface area contributed by atoms with E-state index in [1.807, 2.05) is 36.7 Å². The van der Waals surface area contributed by atoms with Crippen LogP contribution >= 0.6 is 0 Å². The second kappa shape index (κ2) is 20.8.